The smallest absolute Gasteiger partial charge is 0.230 e. The molecule has 2 fully saturated rings. The summed E-state index contributed by atoms with van der Waals surface area (Å²) in [5, 5.41) is 9.64. The van der Waals surface area contributed by atoms with E-state index < -0.39 is 0 Å². The Labute approximate surface area is 144 Å². The molecule has 3 aromatic rings. The summed E-state index contributed by atoms with van der Waals surface area (Å²) in [4.78, 5) is 4.77. The number of nitrogens with zero attached hydrogens (tertiary/aromatic N) is 5. The Morgan fingerprint density at radius 1 is 1.08 bits per heavy atom. The molecule has 0 unspecified atom stereocenters. The van der Waals surface area contributed by atoms with E-state index in [-0.39, 0.29) is 0 Å². The van der Waals surface area contributed by atoms with E-state index in [0.717, 1.165) is 50.3 Å². The molecule has 0 spiro atoms. The van der Waals surface area contributed by atoms with Crippen LogP contribution in [0.3, 0.4) is 0 Å². The fourth-order valence-electron chi connectivity index (χ4n) is 3.24. The number of piperazine rings is 1. The Bertz CT molecular complexity index is 847. The van der Waals surface area contributed by atoms with Gasteiger partial charge in [-0.1, -0.05) is 12.1 Å². The van der Waals surface area contributed by atoms with Crippen molar-refractivity contribution in [2.75, 3.05) is 31.1 Å². The number of aromatic nitrogens is 3. The topological polar surface area (TPSA) is 58.3 Å². The van der Waals surface area contributed by atoms with Crippen molar-refractivity contribution in [3.05, 3.63) is 36.0 Å². The highest BCUT2D eigenvalue weighted by Crippen LogP contribution is 2.39. The number of hydrogen-bond acceptors (Lipinski definition) is 7. The zero-order valence-electron chi connectivity index (χ0n) is 13.4. The standard InChI is InChI=1S/C17H19N5OS/c1-2-4-14-13(3-1)16(20-24-14)22-9-7-21(8-10-22)11-15-18-19-17(23-15)12-5-6-12/h1-4,12H,5-11H2. The molecule has 24 heavy (non-hydrogen) atoms. The van der Waals surface area contributed by atoms with Crippen LogP contribution in [0.1, 0.15) is 30.5 Å². The van der Waals surface area contributed by atoms with Crippen molar-refractivity contribution in [3.8, 4) is 0 Å². The van der Waals surface area contributed by atoms with E-state index in [4.69, 9.17) is 4.42 Å². The van der Waals surface area contributed by atoms with E-state index in [1.165, 1.54) is 22.9 Å². The van der Waals surface area contributed by atoms with Crippen LogP contribution < -0.4 is 4.90 Å². The van der Waals surface area contributed by atoms with Crippen LogP contribution in [-0.4, -0.2) is 45.6 Å². The minimum atomic E-state index is 0.529. The molecule has 2 aliphatic rings. The van der Waals surface area contributed by atoms with Crippen LogP contribution in [0.4, 0.5) is 5.82 Å². The predicted molar refractivity (Wildman–Crippen MR) is 93.4 cm³/mol. The Kier molecular flexibility index (Phi) is 3.48. The molecular formula is C17H19N5OS. The lowest BCUT2D eigenvalue weighted by Crippen LogP contribution is -2.46. The van der Waals surface area contributed by atoms with Gasteiger partial charge in [0.15, 0.2) is 0 Å². The summed E-state index contributed by atoms with van der Waals surface area (Å²) >= 11 is 1.58. The van der Waals surface area contributed by atoms with Crippen LogP contribution in [0.5, 0.6) is 0 Å². The van der Waals surface area contributed by atoms with Crippen molar-refractivity contribution in [3.63, 3.8) is 0 Å². The highest BCUT2D eigenvalue weighted by Gasteiger charge is 2.30. The molecule has 3 heterocycles. The second-order valence-electron chi connectivity index (χ2n) is 6.57. The second kappa shape index (κ2) is 5.82. The van der Waals surface area contributed by atoms with Gasteiger partial charge >= 0.3 is 0 Å². The Morgan fingerprint density at radius 2 is 1.92 bits per heavy atom. The fourth-order valence-corrected chi connectivity index (χ4v) is 4.03. The lowest BCUT2D eigenvalue weighted by atomic mass is 10.2. The maximum absolute atomic E-state index is 5.78. The summed E-state index contributed by atoms with van der Waals surface area (Å²) in [6, 6.07) is 8.46. The van der Waals surface area contributed by atoms with Gasteiger partial charge in [0.2, 0.25) is 11.8 Å². The van der Waals surface area contributed by atoms with Gasteiger partial charge in [0.1, 0.15) is 5.82 Å². The van der Waals surface area contributed by atoms with E-state index in [9.17, 15) is 0 Å². The Balaban J connectivity index is 1.23. The summed E-state index contributed by atoms with van der Waals surface area (Å²) < 4.78 is 11.7. The molecule has 0 bridgehead atoms. The summed E-state index contributed by atoms with van der Waals surface area (Å²) in [5.41, 5.74) is 0. The minimum Gasteiger partial charge on any atom is -0.424 e. The van der Waals surface area contributed by atoms with Gasteiger partial charge < -0.3 is 9.32 Å². The molecule has 6 nitrogen and oxygen atoms in total. The van der Waals surface area contributed by atoms with Crippen molar-refractivity contribution >= 4 is 27.4 Å². The number of benzene rings is 1. The number of fused-ring (bicyclic) bond motifs is 1. The van der Waals surface area contributed by atoms with Crippen LogP contribution >= 0.6 is 11.5 Å². The van der Waals surface area contributed by atoms with E-state index in [2.05, 4.69) is 48.6 Å². The van der Waals surface area contributed by atoms with Crippen molar-refractivity contribution in [1.29, 1.82) is 0 Å². The minimum absolute atomic E-state index is 0.529. The third-order valence-corrected chi connectivity index (χ3v) is 5.62. The molecule has 2 aromatic heterocycles. The number of anilines is 1. The first-order valence-electron chi connectivity index (χ1n) is 8.51. The number of rotatable bonds is 4. The van der Waals surface area contributed by atoms with E-state index in [0.29, 0.717) is 5.92 Å². The van der Waals surface area contributed by atoms with Gasteiger partial charge in [0.05, 0.1) is 11.2 Å². The normalized spacial score (nSPS) is 19.2. The summed E-state index contributed by atoms with van der Waals surface area (Å²) in [7, 11) is 0. The quantitative estimate of drug-likeness (QED) is 0.727. The second-order valence-corrected chi connectivity index (χ2v) is 7.38. The van der Waals surface area contributed by atoms with Crippen LogP contribution in [0.25, 0.3) is 10.1 Å². The lowest BCUT2D eigenvalue weighted by molar-refractivity contribution is 0.224. The lowest BCUT2D eigenvalue weighted by Gasteiger charge is -2.34. The molecule has 1 aliphatic heterocycles. The van der Waals surface area contributed by atoms with Crippen LogP contribution in [-0.2, 0) is 6.54 Å². The zero-order valence-corrected chi connectivity index (χ0v) is 14.2. The van der Waals surface area contributed by atoms with E-state index >= 15 is 0 Å². The molecule has 0 amide bonds. The summed E-state index contributed by atoms with van der Waals surface area (Å²) in [6.45, 7) is 4.71. The zero-order chi connectivity index (χ0) is 15.9. The van der Waals surface area contributed by atoms with Gasteiger partial charge in [0, 0.05) is 37.5 Å². The van der Waals surface area contributed by atoms with Crippen molar-refractivity contribution in [1.82, 2.24) is 19.5 Å². The first-order valence-corrected chi connectivity index (χ1v) is 9.28. The van der Waals surface area contributed by atoms with Crippen molar-refractivity contribution in [2.24, 2.45) is 0 Å². The predicted octanol–water partition coefficient (Wildman–Crippen LogP) is 2.88. The highest BCUT2D eigenvalue weighted by molar-refractivity contribution is 7.13. The average molecular weight is 341 g/mol. The molecule has 1 aliphatic carbocycles. The molecule has 1 aromatic carbocycles. The van der Waals surface area contributed by atoms with E-state index in [1.54, 1.807) is 11.5 Å². The molecule has 1 saturated heterocycles. The third-order valence-electron chi connectivity index (χ3n) is 4.80. The molecule has 5 rings (SSSR count). The summed E-state index contributed by atoms with van der Waals surface area (Å²) in [6.07, 6.45) is 2.39. The van der Waals surface area contributed by atoms with Crippen LogP contribution in [0.15, 0.2) is 28.7 Å². The van der Waals surface area contributed by atoms with Gasteiger partial charge in [-0.3, -0.25) is 4.90 Å². The maximum atomic E-state index is 5.78. The maximum Gasteiger partial charge on any atom is 0.230 e. The molecule has 0 N–H and O–H groups in total. The van der Waals surface area contributed by atoms with Gasteiger partial charge in [-0.25, -0.2) is 0 Å². The van der Waals surface area contributed by atoms with Crippen molar-refractivity contribution in [2.45, 2.75) is 25.3 Å². The molecule has 7 heteroatoms. The number of hydrogen-bond donors (Lipinski definition) is 0. The van der Waals surface area contributed by atoms with Gasteiger partial charge in [-0.2, -0.15) is 4.37 Å². The highest BCUT2D eigenvalue weighted by atomic mass is 32.1. The Morgan fingerprint density at radius 3 is 2.75 bits per heavy atom. The molecule has 1 saturated carbocycles. The van der Waals surface area contributed by atoms with Crippen molar-refractivity contribution < 1.29 is 4.42 Å². The summed E-state index contributed by atoms with van der Waals surface area (Å²) in [5.74, 6) is 3.24. The monoisotopic (exact) mass is 341 g/mol. The largest absolute Gasteiger partial charge is 0.424 e. The van der Waals surface area contributed by atoms with Gasteiger partial charge in [-0.15, -0.1) is 10.2 Å². The fraction of sp³-hybridized carbons (Fsp3) is 0.471. The van der Waals surface area contributed by atoms with Gasteiger partial charge in [0.25, 0.3) is 0 Å². The first kappa shape index (κ1) is 14.4. The molecule has 0 atom stereocenters. The molecular weight excluding hydrogens is 322 g/mol. The van der Waals surface area contributed by atoms with E-state index in [1.807, 2.05) is 0 Å². The van der Waals surface area contributed by atoms with Crippen LogP contribution in [0, 0.1) is 0 Å². The SMILES string of the molecule is c1ccc2c(N3CCN(Cc4nnc(C5CC5)o4)CC3)nsc2c1. The molecule has 0 radical (unpaired) electrons. The Hall–Kier alpha value is -1.99. The average Bonchev–Trinajstić information content (AvgIpc) is 3.22. The van der Waals surface area contributed by atoms with Crippen LogP contribution in [0.2, 0.25) is 0 Å². The van der Waals surface area contributed by atoms with Gasteiger partial charge in [-0.05, 0) is 36.5 Å². The molecule has 124 valence electrons. The first-order chi connectivity index (χ1) is 11.9. The third kappa shape index (κ3) is 2.67.